The van der Waals surface area contributed by atoms with Crippen LogP contribution in [0, 0.1) is 0 Å². The van der Waals surface area contributed by atoms with Gasteiger partial charge in [-0.2, -0.15) is 0 Å². The molecule has 4 aromatic rings. The molecule has 4 heterocycles. The van der Waals surface area contributed by atoms with Crippen LogP contribution in [-0.2, 0) is 16.1 Å². The number of rotatable bonds is 6. The maximum atomic E-state index is 6.48. The molecule has 2 unspecified atom stereocenters. The number of hydrogen-bond acceptors (Lipinski definition) is 9. The van der Waals surface area contributed by atoms with Gasteiger partial charge in [-0.25, -0.2) is 15.0 Å². The molecule has 0 saturated carbocycles. The van der Waals surface area contributed by atoms with E-state index in [1.54, 1.807) is 12.3 Å². The molecule has 0 amide bonds. The van der Waals surface area contributed by atoms with Crippen LogP contribution in [-0.4, -0.2) is 46.3 Å². The molecule has 9 nitrogen and oxygen atoms in total. The predicted molar refractivity (Wildman–Crippen MR) is 133 cm³/mol. The lowest BCUT2D eigenvalue weighted by Gasteiger charge is -2.13. The van der Waals surface area contributed by atoms with Crippen molar-refractivity contribution < 1.29 is 14.2 Å². The van der Waals surface area contributed by atoms with Gasteiger partial charge in [0.2, 0.25) is 0 Å². The van der Waals surface area contributed by atoms with Gasteiger partial charge in [0, 0.05) is 23.0 Å². The number of benzene rings is 2. The van der Waals surface area contributed by atoms with E-state index in [2.05, 4.69) is 30.6 Å². The van der Waals surface area contributed by atoms with Crippen LogP contribution in [0.25, 0.3) is 10.9 Å². The second-order valence-electron chi connectivity index (χ2n) is 8.15. The van der Waals surface area contributed by atoms with Crippen LogP contribution in [0.4, 0.5) is 17.2 Å². The quantitative estimate of drug-likeness (QED) is 0.407. The number of halogens is 1. The number of anilines is 3. The Balaban J connectivity index is 1.19. The predicted octanol–water partition coefficient (Wildman–Crippen LogP) is 4.57. The van der Waals surface area contributed by atoms with Crippen LogP contribution < -0.4 is 15.4 Å². The highest BCUT2D eigenvalue weighted by atomic mass is 35.5. The third kappa shape index (κ3) is 4.68. The fourth-order valence-electron chi connectivity index (χ4n) is 3.97. The zero-order chi connectivity index (χ0) is 23.6. The van der Waals surface area contributed by atoms with Gasteiger partial charge < -0.3 is 24.8 Å². The number of amidine groups is 1. The molecular weight excluding hydrogens is 468 g/mol. The molecular formula is C25H21ClN6O3. The molecule has 2 aromatic carbocycles. The number of ether oxygens (including phenoxy) is 3. The standard InChI is InChI=1S/C25H21ClN6O3/c26-19-10-16(5-7-22(19)34-11-17-3-1-2-8-27-17)30-24-18-9-15(4-6-20(18)28-14-29-24)31-25-32-21-12-33-13-23(21)35-25/h1-10,14,21,23H,11-13H2,(H,31,32)(H,28,29,30). The van der Waals surface area contributed by atoms with Crippen molar-refractivity contribution in [1.29, 1.82) is 0 Å². The Bertz CT molecular complexity index is 1400. The summed E-state index contributed by atoms with van der Waals surface area (Å²) < 4.78 is 17.0. The first-order valence-electron chi connectivity index (χ1n) is 11.1. The molecule has 10 heteroatoms. The molecule has 0 bridgehead atoms. The number of nitrogens with one attached hydrogen (secondary N) is 2. The number of fused-ring (bicyclic) bond motifs is 2. The zero-order valence-electron chi connectivity index (χ0n) is 18.5. The molecule has 2 aliphatic rings. The molecule has 2 N–H and O–H groups in total. The van der Waals surface area contributed by atoms with Crippen molar-refractivity contribution >= 4 is 45.7 Å². The topological polar surface area (TPSA) is 103 Å². The fraction of sp³-hybridized carbons (Fsp3) is 0.200. The van der Waals surface area contributed by atoms with Crippen LogP contribution in [0.3, 0.4) is 0 Å². The summed E-state index contributed by atoms with van der Waals surface area (Å²) in [6, 6.07) is 17.6. The van der Waals surface area contributed by atoms with Crippen LogP contribution in [0.1, 0.15) is 5.69 Å². The molecule has 1 fully saturated rings. The Kier molecular flexibility index (Phi) is 5.77. The minimum atomic E-state index is -0.0147. The number of pyridine rings is 1. The molecule has 1 saturated heterocycles. The monoisotopic (exact) mass is 488 g/mol. The highest BCUT2D eigenvalue weighted by molar-refractivity contribution is 6.32. The van der Waals surface area contributed by atoms with E-state index in [0.29, 0.717) is 42.4 Å². The van der Waals surface area contributed by atoms with E-state index in [9.17, 15) is 0 Å². The summed E-state index contributed by atoms with van der Waals surface area (Å²) in [6.07, 6.45) is 3.24. The number of aromatic nitrogens is 3. The van der Waals surface area contributed by atoms with Crippen LogP contribution in [0.15, 0.2) is 72.1 Å². The average molecular weight is 489 g/mol. The van der Waals surface area contributed by atoms with Crippen LogP contribution >= 0.6 is 11.6 Å². The molecule has 6 rings (SSSR count). The third-order valence-electron chi connectivity index (χ3n) is 5.73. The lowest BCUT2D eigenvalue weighted by atomic mass is 10.2. The summed E-state index contributed by atoms with van der Waals surface area (Å²) in [5, 5.41) is 7.90. The summed E-state index contributed by atoms with van der Waals surface area (Å²) >= 11 is 6.48. The Morgan fingerprint density at radius 2 is 1.89 bits per heavy atom. The second kappa shape index (κ2) is 9.36. The van der Waals surface area contributed by atoms with Gasteiger partial charge in [-0.3, -0.25) is 4.98 Å². The Labute approximate surface area is 206 Å². The Morgan fingerprint density at radius 1 is 0.971 bits per heavy atom. The van der Waals surface area contributed by atoms with Crippen molar-refractivity contribution in [2.75, 3.05) is 23.8 Å². The maximum Gasteiger partial charge on any atom is 0.290 e. The van der Waals surface area contributed by atoms with Crippen LogP contribution in [0.5, 0.6) is 5.75 Å². The van der Waals surface area contributed by atoms with E-state index in [1.165, 1.54) is 6.33 Å². The minimum Gasteiger partial charge on any atom is -0.486 e. The first kappa shape index (κ1) is 21.6. The summed E-state index contributed by atoms with van der Waals surface area (Å²) in [4.78, 5) is 17.6. The molecule has 0 radical (unpaired) electrons. The molecule has 176 valence electrons. The first-order valence-corrected chi connectivity index (χ1v) is 11.5. The van der Waals surface area contributed by atoms with Gasteiger partial charge in [0.25, 0.3) is 6.02 Å². The van der Waals surface area contributed by atoms with Crippen molar-refractivity contribution in [1.82, 2.24) is 15.0 Å². The highest BCUT2D eigenvalue weighted by Gasteiger charge is 2.36. The van der Waals surface area contributed by atoms with Gasteiger partial charge >= 0.3 is 0 Å². The summed E-state index contributed by atoms with van der Waals surface area (Å²) in [7, 11) is 0. The second-order valence-corrected chi connectivity index (χ2v) is 8.56. The average Bonchev–Trinajstić information content (AvgIpc) is 3.47. The number of aliphatic imine (C=N–C) groups is 1. The molecule has 2 atom stereocenters. The van der Waals surface area contributed by atoms with Gasteiger partial charge in [0.05, 0.1) is 29.4 Å². The van der Waals surface area contributed by atoms with Crippen molar-refractivity contribution in [3.8, 4) is 5.75 Å². The van der Waals surface area contributed by atoms with Gasteiger partial charge in [-0.1, -0.05) is 17.7 Å². The fourth-order valence-corrected chi connectivity index (χ4v) is 4.20. The lowest BCUT2D eigenvalue weighted by molar-refractivity contribution is 0.138. The van der Waals surface area contributed by atoms with Gasteiger partial charge in [-0.05, 0) is 48.5 Å². The van der Waals surface area contributed by atoms with E-state index in [4.69, 9.17) is 25.8 Å². The molecule has 35 heavy (non-hydrogen) atoms. The van der Waals surface area contributed by atoms with E-state index in [-0.39, 0.29) is 12.1 Å². The molecule has 2 aromatic heterocycles. The summed E-state index contributed by atoms with van der Waals surface area (Å²) in [6.45, 7) is 1.49. The summed E-state index contributed by atoms with van der Waals surface area (Å²) in [5.41, 5.74) is 3.23. The van der Waals surface area contributed by atoms with E-state index >= 15 is 0 Å². The van der Waals surface area contributed by atoms with Crippen molar-refractivity contribution in [3.63, 3.8) is 0 Å². The summed E-state index contributed by atoms with van der Waals surface area (Å²) in [5.74, 6) is 1.23. The van der Waals surface area contributed by atoms with E-state index in [0.717, 1.165) is 28.0 Å². The van der Waals surface area contributed by atoms with Crippen molar-refractivity contribution in [3.05, 3.63) is 77.8 Å². The number of hydrogen-bond donors (Lipinski definition) is 2. The smallest absolute Gasteiger partial charge is 0.290 e. The molecule has 0 spiro atoms. The lowest BCUT2D eigenvalue weighted by Crippen LogP contribution is -2.21. The zero-order valence-corrected chi connectivity index (χ0v) is 19.3. The first-order chi connectivity index (χ1) is 17.2. The maximum absolute atomic E-state index is 6.48. The molecule has 0 aliphatic carbocycles. The Hall–Kier alpha value is -3.95. The Morgan fingerprint density at radius 3 is 2.74 bits per heavy atom. The third-order valence-corrected chi connectivity index (χ3v) is 6.02. The van der Waals surface area contributed by atoms with Crippen molar-refractivity contribution in [2.45, 2.75) is 18.8 Å². The largest absolute Gasteiger partial charge is 0.486 e. The molecule has 2 aliphatic heterocycles. The number of nitrogens with zero attached hydrogens (tertiary/aromatic N) is 4. The van der Waals surface area contributed by atoms with E-state index in [1.807, 2.05) is 48.5 Å². The van der Waals surface area contributed by atoms with Crippen molar-refractivity contribution in [2.24, 2.45) is 4.99 Å². The van der Waals surface area contributed by atoms with Gasteiger partial charge in [0.15, 0.2) is 0 Å². The van der Waals surface area contributed by atoms with E-state index < -0.39 is 0 Å². The minimum absolute atomic E-state index is 0.0147. The highest BCUT2D eigenvalue weighted by Crippen LogP contribution is 2.32. The normalized spacial score (nSPS) is 18.6. The SMILES string of the molecule is Clc1cc(Nc2ncnc3ccc(NC4=NC5COCC5O4)cc23)ccc1OCc1ccccn1. The van der Waals surface area contributed by atoms with Gasteiger partial charge in [-0.15, -0.1) is 0 Å². The van der Waals surface area contributed by atoms with Crippen LogP contribution in [0.2, 0.25) is 5.02 Å². The van der Waals surface area contributed by atoms with Gasteiger partial charge in [0.1, 0.15) is 36.6 Å².